The zero-order valence-corrected chi connectivity index (χ0v) is 16.1. The van der Waals surface area contributed by atoms with Crippen molar-refractivity contribution in [3.8, 4) is 11.3 Å². The number of hydrogen-bond donors (Lipinski definition) is 0. The molecule has 2 aliphatic heterocycles. The molecular weight excluding hydrogens is 354 g/mol. The Bertz CT molecular complexity index is 1040. The number of imidazole rings is 1. The Morgan fingerprint density at radius 1 is 1.18 bits per heavy atom. The van der Waals surface area contributed by atoms with E-state index in [0.29, 0.717) is 31.9 Å². The van der Waals surface area contributed by atoms with Gasteiger partial charge in [-0.3, -0.25) is 9.48 Å². The molecule has 0 radical (unpaired) electrons. The Hall–Kier alpha value is -2.93. The predicted molar refractivity (Wildman–Crippen MR) is 104 cm³/mol. The van der Waals surface area contributed by atoms with Crippen molar-refractivity contribution in [1.82, 2.24) is 24.2 Å². The van der Waals surface area contributed by atoms with Gasteiger partial charge < -0.3 is 14.2 Å². The Morgan fingerprint density at radius 2 is 2.00 bits per heavy atom. The minimum Gasteiger partial charge on any atom is -0.363 e. The van der Waals surface area contributed by atoms with Crippen molar-refractivity contribution >= 4 is 5.91 Å². The standard InChI is InChI=1S/C21H23N5O2/c1-15-3-5-16(6-4-15)18-11-22-19-12-28-21(14-26(18)19)8-10-25(13-21)20(27)17-7-9-24(2)23-17/h3-7,9,11H,8,10,12-14H2,1-2H3/t21-/m1/s1. The third-order valence-corrected chi connectivity index (χ3v) is 5.78. The molecule has 2 aliphatic rings. The average molecular weight is 377 g/mol. The quantitative estimate of drug-likeness (QED) is 0.688. The fourth-order valence-electron chi connectivity index (χ4n) is 4.17. The van der Waals surface area contributed by atoms with Crippen LogP contribution in [0.1, 0.15) is 28.3 Å². The lowest BCUT2D eigenvalue weighted by Crippen LogP contribution is -2.45. The normalized spacial score (nSPS) is 21.3. The summed E-state index contributed by atoms with van der Waals surface area (Å²) in [4.78, 5) is 19.2. The zero-order chi connectivity index (χ0) is 19.3. The maximum Gasteiger partial charge on any atom is 0.274 e. The topological polar surface area (TPSA) is 65.2 Å². The SMILES string of the molecule is Cc1ccc(-c2cnc3n2C[C@]2(CCN(C(=O)c4ccn(C)n4)C2)OC3)cc1. The van der Waals surface area contributed by atoms with Gasteiger partial charge in [-0.25, -0.2) is 4.98 Å². The van der Waals surface area contributed by atoms with E-state index in [-0.39, 0.29) is 11.5 Å². The van der Waals surface area contributed by atoms with E-state index in [1.807, 2.05) is 18.1 Å². The Balaban J connectivity index is 1.39. The van der Waals surface area contributed by atoms with Crippen LogP contribution in [-0.2, 0) is 24.9 Å². The molecule has 3 aromatic rings. The minimum absolute atomic E-state index is 0.0312. The van der Waals surface area contributed by atoms with Crippen molar-refractivity contribution in [2.24, 2.45) is 7.05 Å². The number of ether oxygens (including phenoxy) is 1. The van der Waals surface area contributed by atoms with E-state index < -0.39 is 0 Å². The van der Waals surface area contributed by atoms with Crippen molar-refractivity contribution in [1.29, 1.82) is 0 Å². The van der Waals surface area contributed by atoms with Crippen LogP contribution in [0.4, 0.5) is 0 Å². The first kappa shape index (κ1) is 17.2. The van der Waals surface area contributed by atoms with Gasteiger partial charge in [0.25, 0.3) is 5.91 Å². The number of aryl methyl sites for hydroxylation is 2. The van der Waals surface area contributed by atoms with Crippen molar-refractivity contribution in [2.75, 3.05) is 13.1 Å². The van der Waals surface area contributed by atoms with E-state index in [0.717, 1.165) is 23.5 Å². The first-order valence-electron chi connectivity index (χ1n) is 9.57. The number of aromatic nitrogens is 4. The second-order valence-corrected chi connectivity index (χ2v) is 7.83. The molecule has 1 fully saturated rings. The van der Waals surface area contributed by atoms with Crippen LogP contribution in [0.25, 0.3) is 11.3 Å². The molecule has 1 spiro atoms. The van der Waals surface area contributed by atoms with E-state index in [1.165, 1.54) is 5.56 Å². The van der Waals surface area contributed by atoms with Crippen molar-refractivity contribution in [3.05, 3.63) is 59.8 Å². The van der Waals surface area contributed by atoms with Crippen LogP contribution in [0.15, 0.2) is 42.7 Å². The number of carbonyl (C=O) groups excluding carboxylic acids is 1. The summed E-state index contributed by atoms with van der Waals surface area (Å²) in [7, 11) is 1.82. The molecule has 4 heterocycles. The number of likely N-dealkylation sites (tertiary alicyclic amines) is 1. The molecule has 0 saturated carbocycles. The Kier molecular flexibility index (Phi) is 3.87. The lowest BCUT2D eigenvalue weighted by atomic mass is 10.0. The van der Waals surface area contributed by atoms with Gasteiger partial charge in [0.15, 0.2) is 0 Å². The smallest absolute Gasteiger partial charge is 0.274 e. The predicted octanol–water partition coefficient (Wildman–Crippen LogP) is 2.41. The molecule has 144 valence electrons. The van der Waals surface area contributed by atoms with Crippen molar-refractivity contribution < 1.29 is 9.53 Å². The summed E-state index contributed by atoms with van der Waals surface area (Å²) in [5.41, 5.74) is 3.62. The van der Waals surface area contributed by atoms with Crippen LogP contribution in [-0.4, -0.2) is 48.8 Å². The number of amides is 1. The van der Waals surface area contributed by atoms with Crippen LogP contribution in [0.5, 0.6) is 0 Å². The van der Waals surface area contributed by atoms with E-state index in [4.69, 9.17) is 4.74 Å². The van der Waals surface area contributed by atoms with Crippen molar-refractivity contribution in [2.45, 2.75) is 32.1 Å². The molecule has 0 bridgehead atoms. The summed E-state index contributed by atoms with van der Waals surface area (Å²) >= 11 is 0. The second kappa shape index (κ2) is 6.31. The van der Waals surface area contributed by atoms with Crippen LogP contribution in [0, 0.1) is 6.92 Å². The number of fused-ring (bicyclic) bond motifs is 1. The molecule has 28 heavy (non-hydrogen) atoms. The van der Waals surface area contributed by atoms with Gasteiger partial charge in [-0.15, -0.1) is 0 Å². The van der Waals surface area contributed by atoms with E-state index in [2.05, 4.69) is 45.8 Å². The van der Waals surface area contributed by atoms with Gasteiger partial charge in [-0.1, -0.05) is 29.8 Å². The molecule has 0 N–H and O–H groups in total. The first-order valence-corrected chi connectivity index (χ1v) is 9.57. The Morgan fingerprint density at radius 3 is 2.75 bits per heavy atom. The van der Waals surface area contributed by atoms with Crippen molar-refractivity contribution in [3.63, 3.8) is 0 Å². The molecule has 2 aromatic heterocycles. The summed E-state index contributed by atoms with van der Waals surface area (Å²) in [6.07, 6.45) is 4.53. The maximum atomic E-state index is 12.8. The number of hydrogen-bond acceptors (Lipinski definition) is 4. The summed E-state index contributed by atoms with van der Waals surface area (Å²) in [5.74, 6) is 0.909. The molecule has 7 heteroatoms. The van der Waals surface area contributed by atoms with Gasteiger partial charge >= 0.3 is 0 Å². The average Bonchev–Trinajstić information content (AvgIpc) is 3.41. The fraction of sp³-hybridized carbons (Fsp3) is 0.381. The van der Waals surface area contributed by atoms with Crippen LogP contribution in [0.2, 0.25) is 0 Å². The molecule has 1 atom stereocenters. The maximum absolute atomic E-state index is 12.8. The number of benzene rings is 1. The number of carbonyl (C=O) groups is 1. The highest BCUT2D eigenvalue weighted by Gasteiger charge is 2.45. The largest absolute Gasteiger partial charge is 0.363 e. The molecule has 0 unspecified atom stereocenters. The lowest BCUT2D eigenvalue weighted by Gasteiger charge is -2.35. The molecule has 7 nitrogen and oxygen atoms in total. The third kappa shape index (κ3) is 2.82. The van der Waals surface area contributed by atoms with Gasteiger partial charge in [0.1, 0.15) is 23.7 Å². The van der Waals surface area contributed by atoms with Gasteiger partial charge in [0.05, 0.1) is 25.0 Å². The number of rotatable bonds is 2. The minimum atomic E-state index is -0.364. The summed E-state index contributed by atoms with van der Waals surface area (Å²) in [6.45, 7) is 4.52. The van der Waals surface area contributed by atoms with E-state index >= 15 is 0 Å². The molecular formula is C21H23N5O2. The highest BCUT2D eigenvalue weighted by atomic mass is 16.5. The monoisotopic (exact) mass is 377 g/mol. The first-order chi connectivity index (χ1) is 13.5. The van der Waals surface area contributed by atoms with Gasteiger partial charge in [0, 0.05) is 19.8 Å². The Labute approximate surface area is 163 Å². The number of nitrogens with zero attached hydrogens (tertiary/aromatic N) is 5. The zero-order valence-electron chi connectivity index (χ0n) is 16.1. The highest BCUT2D eigenvalue weighted by Crippen LogP contribution is 2.35. The molecule has 5 rings (SSSR count). The third-order valence-electron chi connectivity index (χ3n) is 5.78. The van der Waals surface area contributed by atoms with Gasteiger partial charge in [0.2, 0.25) is 0 Å². The lowest BCUT2D eigenvalue weighted by molar-refractivity contribution is -0.0804. The van der Waals surface area contributed by atoms with Gasteiger partial charge in [-0.2, -0.15) is 5.10 Å². The summed E-state index contributed by atoms with van der Waals surface area (Å²) in [5, 5.41) is 4.25. The van der Waals surface area contributed by atoms with Crippen LogP contribution >= 0.6 is 0 Å². The fourth-order valence-corrected chi connectivity index (χ4v) is 4.17. The molecule has 1 aromatic carbocycles. The molecule has 1 amide bonds. The molecule has 1 saturated heterocycles. The van der Waals surface area contributed by atoms with Gasteiger partial charge in [-0.05, 0) is 25.0 Å². The van der Waals surface area contributed by atoms with Crippen LogP contribution in [0.3, 0.4) is 0 Å². The molecule has 0 aliphatic carbocycles. The second-order valence-electron chi connectivity index (χ2n) is 7.83. The summed E-state index contributed by atoms with van der Waals surface area (Å²) in [6, 6.07) is 10.3. The highest BCUT2D eigenvalue weighted by molar-refractivity contribution is 5.92. The van der Waals surface area contributed by atoms with E-state index in [1.54, 1.807) is 16.9 Å². The summed E-state index contributed by atoms with van der Waals surface area (Å²) < 4.78 is 10.1. The van der Waals surface area contributed by atoms with Crippen LogP contribution < -0.4 is 0 Å². The van der Waals surface area contributed by atoms with E-state index in [9.17, 15) is 4.79 Å².